The Balaban J connectivity index is 2.96. The van der Waals surface area contributed by atoms with E-state index in [1.165, 1.54) is 6.07 Å². The quantitative estimate of drug-likeness (QED) is 0.636. The molecule has 0 aliphatic carbocycles. The molecular weight excluding hydrogens is 176 g/mol. The lowest BCUT2D eigenvalue weighted by molar-refractivity contribution is 0.564. The van der Waals surface area contributed by atoms with Crippen molar-refractivity contribution >= 4 is 11.0 Å². The van der Waals surface area contributed by atoms with E-state index in [0.717, 1.165) is 11.1 Å². The van der Waals surface area contributed by atoms with Crippen LogP contribution in [0.2, 0.25) is 0 Å². The zero-order valence-electron chi connectivity index (χ0n) is 8.55. The minimum absolute atomic E-state index is 0.0341. The van der Waals surface area contributed by atoms with Crippen LogP contribution in [0.25, 0.3) is 11.0 Å². The summed E-state index contributed by atoms with van der Waals surface area (Å²) >= 11 is 0. The van der Waals surface area contributed by atoms with Crippen LogP contribution in [0.1, 0.15) is 16.9 Å². The first-order chi connectivity index (χ1) is 6.58. The van der Waals surface area contributed by atoms with Gasteiger partial charge in [-0.05, 0) is 44.0 Å². The molecule has 0 unspecified atom stereocenters. The number of aryl methyl sites for hydroxylation is 3. The van der Waals surface area contributed by atoms with Crippen molar-refractivity contribution in [2.45, 2.75) is 20.8 Å². The van der Waals surface area contributed by atoms with E-state index in [-0.39, 0.29) is 5.43 Å². The molecule has 0 bridgehead atoms. The summed E-state index contributed by atoms with van der Waals surface area (Å²) in [6.07, 6.45) is 0. The fourth-order valence-corrected chi connectivity index (χ4v) is 1.53. The maximum atomic E-state index is 11.6. The summed E-state index contributed by atoms with van der Waals surface area (Å²) in [6, 6.07) is 5.33. The Bertz CT molecular complexity index is 550. The van der Waals surface area contributed by atoms with Crippen molar-refractivity contribution in [2.24, 2.45) is 0 Å². The van der Waals surface area contributed by atoms with Crippen LogP contribution in [0.3, 0.4) is 0 Å². The van der Waals surface area contributed by atoms with Crippen LogP contribution in [0, 0.1) is 20.8 Å². The van der Waals surface area contributed by atoms with E-state index in [1.807, 2.05) is 26.0 Å². The van der Waals surface area contributed by atoms with Crippen molar-refractivity contribution in [3.05, 3.63) is 45.3 Å². The van der Waals surface area contributed by atoms with Crippen LogP contribution in [-0.4, -0.2) is 0 Å². The second kappa shape index (κ2) is 2.98. The largest absolute Gasteiger partial charge is 0.461 e. The fraction of sp³-hybridized carbons (Fsp3) is 0.250. The summed E-state index contributed by atoms with van der Waals surface area (Å²) in [4.78, 5) is 11.6. The molecule has 0 N–H and O–H groups in total. The Morgan fingerprint density at radius 1 is 1.00 bits per heavy atom. The second-order valence-corrected chi connectivity index (χ2v) is 3.65. The van der Waals surface area contributed by atoms with Gasteiger partial charge in [-0.15, -0.1) is 0 Å². The standard InChI is InChI=1S/C12H12O2/c1-7-4-10-11(13)6-9(3)14-12(10)5-8(7)2/h4-6H,1-3H3. The molecule has 0 aliphatic rings. The van der Waals surface area contributed by atoms with Crippen LogP contribution in [0.5, 0.6) is 0 Å². The minimum atomic E-state index is 0.0341. The SMILES string of the molecule is Cc1cc(=O)c2cc(C)c(C)cc2o1. The fourth-order valence-electron chi connectivity index (χ4n) is 1.53. The molecule has 0 aliphatic heterocycles. The summed E-state index contributed by atoms with van der Waals surface area (Å²) < 4.78 is 5.48. The van der Waals surface area contributed by atoms with Crippen molar-refractivity contribution in [2.75, 3.05) is 0 Å². The Hall–Kier alpha value is -1.57. The molecule has 0 saturated heterocycles. The summed E-state index contributed by atoms with van der Waals surface area (Å²) in [7, 11) is 0. The molecule has 0 amide bonds. The highest BCUT2D eigenvalue weighted by Crippen LogP contribution is 2.17. The number of benzene rings is 1. The van der Waals surface area contributed by atoms with E-state index in [1.54, 1.807) is 6.92 Å². The zero-order valence-corrected chi connectivity index (χ0v) is 8.55. The zero-order chi connectivity index (χ0) is 10.3. The predicted octanol–water partition coefficient (Wildman–Crippen LogP) is 2.72. The van der Waals surface area contributed by atoms with Crippen molar-refractivity contribution in [1.29, 1.82) is 0 Å². The van der Waals surface area contributed by atoms with Crippen molar-refractivity contribution in [1.82, 2.24) is 0 Å². The normalized spacial score (nSPS) is 10.8. The predicted molar refractivity (Wildman–Crippen MR) is 56.7 cm³/mol. The first kappa shape index (κ1) is 9.00. The van der Waals surface area contributed by atoms with Gasteiger partial charge >= 0.3 is 0 Å². The first-order valence-electron chi connectivity index (χ1n) is 4.59. The van der Waals surface area contributed by atoms with E-state index >= 15 is 0 Å². The van der Waals surface area contributed by atoms with Gasteiger partial charge in [0.25, 0.3) is 0 Å². The van der Waals surface area contributed by atoms with E-state index in [4.69, 9.17) is 4.42 Å². The number of hydrogen-bond acceptors (Lipinski definition) is 2. The highest BCUT2D eigenvalue weighted by molar-refractivity contribution is 5.78. The van der Waals surface area contributed by atoms with Crippen LogP contribution in [0.15, 0.2) is 27.4 Å². The Labute approximate surface area is 82.2 Å². The van der Waals surface area contributed by atoms with Crippen LogP contribution < -0.4 is 5.43 Å². The molecule has 0 fully saturated rings. The monoisotopic (exact) mass is 188 g/mol. The average molecular weight is 188 g/mol. The van der Waals surface area contributed by atoms with Crippen molar-refractivity contribution < 1.29 is 4.42 Å². The van der Waals surface area contributed by atoms with Crippen LogP contribution in [0.4, 0.5) is 0 Å². The molecule has 72 valence electrons. The van der Waals surface area contributed by atoms with Gasteiger partial charge in [-0.1, -0.05) is 0 Å². The minimum Gasteiger partial charge on any atom is -0.461 e. The van der Waals surface area contributed by atoms with Gasteiger partial charge in [0, 0.05) is 6.07 Å². The number of rotatable bonds is 0. The van der Waals surface area contributed by atoms with Crippen molar-refractivity contribution in [3.63, 3.8) is 0 Å². The van der Waals surface area contributed by atoms with Crippen LogP contribution >= 0.6 is 0 Å². The molecule has 2 aromatic rings. The summed E-state index contributed by atoms with van der Waals surface area (Å²) in [5.74, 6) is 0.658. The van der Waals surface area contributed by atoms with Gasteiger partial charge in [0.05, 0.1) is 5.39 Å². The number of hydrogen-bond donors (Lipinski definition) is 0. The maximum Gasteiger partial charge on any atom is 0.192 e. The van der Waals surface area contributed by atoms with Gasteiger partial charge in [-0.2, -0.15) is 0 Å². The lowest BCUT2D eigenvalue weighted by Crippen LogP contribution is -2.01. The van der Waals surface area contributed by atoms with Gasteiger partial charge in [0.15, 0.2) is 5.43 Å². The first-order valence-corrected chi connectivity index (χ1v) is 4.59. The lowest BCUT2D eigenvalue weighted by Gasteiger charge is -2.02. The maximum absolute atomic E-state index is 11.6. The third-order valence-corrected chi connectivity index (χ3v) is 2.47. The summed E-state index contributed by atoms with van der Waals surface area (Å²) in [6.45, 7) is 5.79. The van der Waals surface area contributed by atoms with E-state index in [9.17, 15) is 4.79 Å². The molecule has 0 radical (unpaired) electrons. The molecule has 1 aromatic carbocycles. The van der Waals surface area contributed by atoms with Gasteiger partial charge in [-0.3, -0.25) is 4.79 Å². The third kappa shape index (κ3) is 1.33. The summed E-state index contributed by atoms with van der Waals surface area (Å²) in [5, 5.41) is 0.665. The van der Waals surface area contributed by atoms with E-state index in [2.05, 4.69) is 0 Å². The molecule has 0 spiro atoms. The highest BCUT2D eigenvalue weighted by Gasteiger charge is 2.04. The van der Waals surface area contributed by atoms with Gasteiger partial charge in [-0.25, -0.2) is 0 Å². The number of fused-ring (bicyclic) bond motifs is 1. The molecule has 2 heteroatoms. The van der Waals surface area contributed by atoms with E-state index in [0.29, 0.717) is 16.7 Å². The highest BCUT2D eigenvalue weighted by atomic mass is 16.3. The van der Waals surface area contributed by atoms with Gasteiger partial charge in [0.2, 0.25) is 0 Å². The van der Waals surface area contributed by atoms with Crippen molar-refractivity contribution in [3.8, 4) is 0 Å². The Morgan fingerprint density at radius 2 is 1.64 bits per heavy atom. The van der Waals surface area contributed by atoms with Gasteiger partial charge in [0.1, 0.15) is 11.3 Å². The molecule has 1 heterocycles. The second-order valence-electron chi connectivity index (χ2n) is 3.65. The van der Waals surface area contributed by atoms with E-state index < -0.39 is 0 Å². The molecule has 2 rings (SSSR count). The molecule has 2 nitrogen and oxygen atoms in total. The third-order valence-electron chi connectivity index (χ3n) is 2.47. The lowest BCUT2D eigenvalue weighted by atomic mass is 10.1. The molecular formula is C12H12O2. The van der Waals surface area contributed by atoms with Gasteiger partial charge < -0.3 is 4.42 Å². The Kier molecular flexibility index (Phi) is 1.92. The molecule has 14 heavy (non-hydrogen) atoms. The topological polar surface area (TPSA) is 30.2 Å². The molecule has 0 saturated carbocycles. The Morgan fingerprint density at radius 3 is 2.36 bits per heavy atom. The summed E-state index contributed by atoms with van der Waals surface area (Å²) in [5.41, 5.74) is 2.98. The smallest absolute Gasteiger partial charge is 0.192 e. The average Bonchev–Trinajstić information content (AvgIpc) is 2.08. The van der Waals surface area contributed by atoms with Crippen LogP contribution in [-0.2, 0) is 0 Å². The molecule has 1 aromatic heterocycles. The molecule has 0 atom stereocenters.